The van der Waals surface area contributed by atoms with Crippen LogP contribution in [0, 0.1) is 5.92 Å². The van der Waals surface area contributed by atoms with Gasteiger partial charge in [-0.3, -0.25) is 9.59 Å². The minimum Gasteiger partial charge on any atom is -0.366 e. The first-order valence-electron chi connectivity index (χ1n) is 6.04. The van der Waals surface area contributed by atoms with Crippen molar-refractivity contribution >= 4 is 23.2 Å². The molecular weight excluding hydrogens is 250 g/mol. The molecule has 1 saturated heterocycles. The molecule has 0 radical (unpaired) electrons. The fourth-order valence-electron chi connectivity index (χ4n) is 2.02. The summed E-state index contributed by atoms with van der Waals surface area (Å²) in [7, 11) is 0. The van der Waals surface area contributed by atoms with Gasteiger partial charge in [-0.05, 0) is 37.9 Å². The van der Waals surface area contributed by atoms with E-state index < -0.39 is 5.91 Å². The molecule has 6 heteroatoms. The summed E-state index contributed by atoms with van der Waals surface area (Å²) in [5, 5.41) is 7.77. The molecule has 0 bridgehead atoms. The molecule has 2 amide bonds. The molecule has 98 valence electrons. The molecule has 4 N–H and O–H groups in total. The number of hydrogen-bond acceptors (Lipinski definition) is 4. The van der Waals surface area contributed by atoms with Crippen molar-refractivity contribution in [2.75, 3.05) is 19.6 Å². The zero-order valence-corrected chi connectivity index (χ0v) is 10.9. The van der Waals surface area contributed by atoms with E-state index in [0.717, 1.165) is 19.5 Å². The molecule has 5 nitrogen and oxygen atoms in total. The number of nitrogens with one attached hydrogen (secondary N) is 2. The Morgan fingerprint density at radius 2 is 2.39 bits per heavy atom. The van der Waals surface area contributed by atoms with Gasteiger partial charge >= 0.3 is 0 Å². The maximum atomic E-state index is 11.8. The standard InChI is InChI=1S/C12H17N3O2S/c13-11(16)9-5-10(18-7-9)12(17)15-4-2-8-1-3-14-6-8/h5,7-8,14H,1-4,6H2,(H2,13,16)(H,15,17). The largest absolute Gasteiger partial charge is 0.366 e. The summed E-state index contributed by atoms with van der Waals surface area (Å²) >= 11 is 1.24. The van der Waals surface area contributed by atoms with E-state index in [4.69, 9.17) is 5.73 Å². The topological polar surface area (TPSA) is 84.2 Å². The normalized spacial score (nSPS) is 18.8. The molecule has 1 fully saturated rings. The van der Waals surface area contributed by atoms with Crippen LogP contribution in [0.3, 0.4) is 0 Å². The van der Waals surface area contributed by atoms with Gasteiger partial charge in [0, 0.05) is 11.9 Å². The van der Waals surface area contributed by atoms with Crippen molar-refractivity contribution in [3.63, 3.8) is 0 Å². The Kier molecular flexibility index (Phi) is 4.33. The van der Waals surface area contributed by atoms with Crippen molar-refractivity contribution in [2.45, 2.75) is 12.8 Å². The van der Waals surface area contributed by atoms with Crippen LogP contribution in [-0.4, -0.2) is 31.4 Å². The number of carbonyl (C=O) groups is 2. The van der Waals surface area contributed by atoms with E-state index in [0.29, 0.717) is 22.9 Å². The van der Waals surface area contributed by atoms with E-state index in [9.17, 15) is 9.59 Å². The Balaban J connectivity index is 1.77. The molecule has 0 spiro atoms. The second kappa shape index (κ2) is 5.97. The van der Waals surface area contributed by atoms with Crippen molar-refractivity contribution in [1.29, 1.82) is 0 Å². The summed E-state index contributed by atoms with van der Waals surface area (Å²) < 4.78 is 0. The molecule has 0 saturated carbocycles. The average molecular weight is 267 g/mol. The van der Waals surface area contributed by atoms with Crippen LogP contribution >= 0.6 is 11.3 Å². The zero-order valence-electron chi connectivity index (χ0n) is 10.1. The number of rotatable bonds is 5. The van der Waals surface area contributed by atoms with E-state index in [1.807, 2.05) is 0 Å². The summed E-state index contributed by atoms with van der Waals surface area (Å²) in [5.41, 5.74) is 5.53. The van der Waals surface area contributed by atoms with Gasteiger partial charge in [-0.25, -0.2) is 0 Å². The molecule has 0 aliphatic carbocycles. The summed E-state index contributed by atoms with van der Waals surface area (Å²) in [6.07, 6.45) is 2.17. The maximum Gasteiger partial charge on any atom is 0.261 e. The van der Waals surface area contributed by atoms with Crippen LogP contribution in [0.5, 0.6) is 0 Å². The van der Waals surface area contributed by atoms with E-state index in [1.54, 1.807) is 11.4 Å². The highest BCUT2D eigenvalue weighted by Crippen LogP contribution is 2.15. The minimum absolute atomic E-state index is 0.126. The number of thiophene rings is 1. The first kappa shape index (κ1) is 13.0. The van der Waals surface area contributed by atoms with Gasteiger partial charge in [0.05, 0.1) is 10.4 Å². The van der Waals surface area contributed by atoms with Gasteiger partial charge in [0.25, 0.3) is 5.91 Å². The molecule has 2 rings (SSSR count). The fraction of sp³-hybridized carbons (Fsp3) is 0.500. The predicted molar refractivity (Wildman–Crippen MR) is 70.8 cm³/mol. The second-order valence-corrected chi connectivity index (χ2v) is 5.38. The maximum absolute atomic E-state index is 11.8. The highest BCUT2D eigenvalue weighted by molar-refractivity contribution is 7.12. The Morgan fingerprint density at radius 3 is 3.00 bits per heavy atom. The molecule has 1 aromatic rings. The Labute approximate surface area is 110 Å². The Hall–Kier alpha value is -1.40. The lowest BCUT2D eigenvalue weighted by Crippen LogP contribution is -2.25. The molecule has 1 aromatic heterocycles. The molecule has 1 unspecified atom stereocenters. The van der Waals surface area contributed by atoms with Gasteiger partial charge < -0.3 is 16.4 Å². The van der Waals surface area contributed by atoms with Crippen LogP contribution in [0.2, 0.25) is 0 Å². The van der Waals surface area contributed by atoms with Crippen molar-refractivity contribution in [3.8, 4) is 0 Å². The molecule has 1 atom stereocenters. The first-order chi connectivity index (χ1) is 8.66. The molecule has 0 aromatic carbocycles. The molecule has 1 aliphatic heterocycles. The SMILES string of the molecule is NC(=O)c1csc(C(=O)NCCC2CCNC2)c1. The third-order valence-electron chi connectivity index (χ3n) is 3.11. The monoisotopic (exact) mass is 267 g/mol. The number of carbonyl (C=O) groups excluding carboxylic acids is 2. The number of amides is 2. The summed E-state index contributed by atoms with van der Waals surface area (Å²) in [6.45, 7) is 2.79. The van der Waals surface area contributed by atoms with Crippen LogP contribution in [0.4, 0.5) is 0 Å². The first-order valence-corrected chi connectivity index (χ1v) is 6.92. The van der Waals surface area contributed by atoms with Gasteiger partial charge in [-0.2, -0.15) is 0 Å². The van der Waals surface area contributed by atoms with Gasteiger partial charge in [0.2, 0.25) is 5.91 Å². The minimum atomic E-state index is -0.498. The van der Waals surface area contributed by atoms with Crippen molar-refractivity contribution in [2.24, 2.45) is 11.7 Å². The van der Waals surface area contributed by atoms with Crippen LogP contribution in [0.1, 0.15) is 32.9 Å². The summed E-state index contributed by atoms with van der Waals surface area (Å²) in [5.74, 6) is 0.0376. The highest BCUT2D eigenvalue weighted by Gasteiger charge is 2.15. The molecule has 2 heterocycles. The predicted octanol–water partition coefficient (Wildman–Crippen LogP) is 0.576. The van der Waals surface area contributed by atoms with E-state index in [1.165, 1.54) is 17.8 Å². The zero-order chi connectivity index (χ0) is 13.0. The Bertz CT molecular complexity index is 438. The van der Waals surface area contributed by atoms with Gasteiger partial charge in [-0.15, -0.1) is 11.3 Å². The summed E-state index contributed by atoms with van der Waals surface area (Å²) in [4.78, 5) is 23.2. The van der Waals surface area contributed by atoms with Crippen LogP contribution in [0.25, 0.3) is 0 Å². The van der Waals surface area contributed by atoms with Crippen molar-refractivity contribution < 1.29 is 9.59 Å². The average Bonchev–Trinajstić information content (AvgIpc) is 2.99. The van der Waals surface area contributed by atoms with E-state index >= 15 is 0 Å². The third kappa shape index (κ3) is 3.30. The third-order valence-corrected chi connectivity index (χ3v) is 4.04. The van der Waals surface area contributed by atoms with Crippen molar-refractivity contribution in [1.82, 2.24) is 10.6 Å². The van der Waals surface area contributed by atoms with Gasteiger partial charge in [0.15, 0.2) is 0 Å². The van der Waals surface area contributed by atoms with Gasteiger partial charge in [-0.1, -0.05) is 0 Å². The summed E-state index contributed by atoms with van der Waals surface area (Å²) in [6, 6.07) is 1.54. The number of primary amides is 1. The van der Waals surface area contributed by atoms with Gasteiger partial charge in [0.1, 0.15) is 0 Å². The van der Waals surface area contributed by atoms with Crippen LogP contribution < -0.4 is 16.4 Å². The molecule has 18 heavy (non-hydrogen) atoms. The lowest BCUT2D eigenvalue weighted by Gasteiger charge is -2.08. The highest BCUT2D eigenvalue weighted by atomic mass is 32.1. The second-order valence-electron chi connectivity index (χ2n) is 4.47. The van der Waals surface area contributed by atoms with Crippen molar-refractivity contribution in [3.05, 3.63) is 21.9 Å². The smallest absolute Gasteiger partial charge is 0.261 e. The number of nitrogens with two attached hydrogens (primary N) is 1. The van der Waals surface area contributed by atoms with Crippen LogP contribution in [0.15, 0.2) is 11.4 Å². The molecule has 1 aliphatic rings. The Morgan fingerprint density at radius 1 is 1.56 bits per heavy atom. The fourth-order valence-corrected chi connectivity index (χ4v) is 2.83. The van der Waals surface area contributed by atoms with Crippen LogP contribution in [-0.2, 0) is 0 Å². The number of hydrogen-bond donors (Lipinski definition) is 3. The quantitative estimate of drug-likeness (QED) is 0.729. The lowest BCUT2D eigenvalue weighted by molar-refractivity contribution is 0.0955. The molecular formula is C12H17N3O2S. The lowest BCUT2D eigenvalue weighted by atomic mass is 10.1. The van der Waals surface area contributed by atoms with E-state index in [-0.39, 0.29) is 5.91 Å². The van der Waals surface area contributed by atoms with E-state index in [2.05, 4.69) is 10.6 Å².